The maximum absolute atomic E-state index is 13.3. The van der Waals surface area contributed by atoms with Crippen molar-refractivity contribution >= 4 is 18.2 Å². The summed E-state index contributed by atoms with van der Waals surface area (Å²) in [6.07, 6.45) is 1.28. The second kappa shape index (κ2) is 15.1. The SMILES string of the molecule is COc1ccc(OC)c(C(c2cc(OC)ccc2OC)[C@H](C)OC[C@@](C)(C=O)NC(=O)c2nccc(OC)c2OC(C)=O)c1. The zero-order valence-corrected chi connectivity index (χ0v) is 26.1. The van der Waals surface area contributed by atoms with Gasteiger partial charge in [0, 0.05) is 36.2 Å². The summed E-state index contributed by atoms with van der Waals surface area (Å²) in [5.74, 6) is 0.345. The van der Waals surface area contributed by atoms with Crippen molar-refractivity contribution in [2.75, 3.05) is 42.2 Å². The number of benzene rings is 2. The lowest BCUT2D eigenvalue weighted by atomic mass is 9.85. The number of aldehydes is 1. The maximum atomic E-state index is 13.3. The highest BCUT2D eigenvalue weighted by atomic mass is 16.6. The van der Waals surface area contributed by atoms with Crippen LogP contribution in [0, 0.1) is 0 Å². The van der Waals surface area contributed by atoms with E-state index in [1.807, 2.05) is 19.1 Å². The predicted molar refractivity (Wildman–Crippen MR) is 160 cm³/mol. The average molecular weight is 611 g/mol. The molecule has 1 heterocycles. The lowest BCUT2D eigenvalue weighted by Gasteiger charge is -2.32. The molecular formula is C32H38N2O10. The molecule has 0 aliphatic rings. The Bertz CT molecular complexity index is 1420. The van der Waals surface area contributed by atoms with Gasteiger partial charge in [0.05, 0.1) is 48.3 Å². The molecule has 3 rings (SSSR count). The molecule has 12 nitrogen and oxygen atoms in total. The van der Waals surface area contributed by atoms with E-state index in [-0.39, 0.29) is 23.8 Å². The van der Waals surface area contributed by atoms with E-state index in [0.29, 0.717) is 29.3 Å². The van der Waals surface area contributed by atoms with E-state index in [9.17, 15) is 14.4 Å². The first kappa shape index (κ1) is 33.7. The van der Waals surface area contributed by atoms with Gasteiger partial charge in [0.1, 0.15) is 34.8 Å². The van der Waals surface area contributed by atoms with E-state index in [1.54, 1.807) is 52.7 Å². The van der Waals surface area contributed by atoms with Crippen LogP contribution in [-0.4, -0.2) is 76.9 Å². The Labute approximate surface area is 256 Å². The quantitative estimate of drug-likeness (QED) is 0.197. The summed E-state index contributed by atoms with van der Waals surface area (Å²) in [6, 6.07) is 12.3. The Balaban J connectivity index is 1.99. The van der Waals surface area contributed by atoms with Crippen molar-refractivity contribution in [3.8, 4) is 34.5 Å². The summed E-state index contributed by atoms with van der Waals surface area (Å²) < 4.78 is 39.1. The van der Waals surface area contributed by atoms with Crippen LogP contribution in [0.25, 0.3) is 0 Å². The molecule has 1 N–H and O–H groups in total. The minimum atomic E-state index is -1.51. The normalized spacial score (nSPS) is 12.8. The lowest BCUT2D eigenvalue weighted by Crippen LogP contribution is -2.52. The smallest absolute Gasteiger partial charge is 0.308 e. The highest BCUT2D eigenvalue weighted by Crippen LogP contribution is 2.42. The molecule has 3 aromatic rings. The van der Waals surface area contributed by atoms with E-state index in [2.05, 4.69) is 10.3 Å². The molecule has 0 aliphatic carbocycles. The van der Waals surface area contributed by atoms with Gasteiger partial charge in [-0.05, 0) is 50.2 Å². The van der Waals surface area contributed by atoms with Crippen molar-refractivity contribution in [3.63, 3.8) is 0 Å². The Morgan fingerprint density at radius 3 is 1.86 bits per heavy atom. The number of methoxy groups -OCH3 is 5. The number of esters is 1. The number of hydrogen-bond acceptors (Lipinski definition) is 11. The molecule has 1 amide bonds. The number of aromatic nitrogens is 1. The van der Waals surface area contributed by atoms with Crippen molar-refractivity contribution in [2.45, 2.75) is 38.3 Å². The van der Waals surface area contributed by atoms with Crippen molar-refractivity contribution in [2.24, 2.45) is 0 Å². The zero-order chi connectivity index (χ0) is 32.4. The Hall–Kier alpha value is -4.84. The summed E-state index contributed by atoms with van der Waals surface area (Å²) in [7, 11) is 7.61. The molecule has 44 heavy (non-hydrogen) atoms. The first-order valence-corrected chi connectivity index (χ1v) is 13.6. The monoisotopic (exact) mass is 610 g/mol. The van der Waals surface area contributed by atoms with Gasteiger partial charge in [0.15, 0.2) is 11.4 Å². The highest BCUT2D eigenvalue weighted by Gasteiger charge is 2.34. The molecule has 0 fully saturated rings. The van der Waals surface area contributed by atoms with Crippen LogP contribution in [0.3, 0.4) is 0 Å². The molecule has 0 spiro atoms. The van der Waals surface area contributed by atoms with Crippen LogP contribution in [0.1, 0.15) is 48.3 Å². The van der Waals surface area contributed by atoms with Crippen molar-refractivity contribution < 1.29 is 47.5 Å². The third kappa shape index (κ3) is 7.75. The fraction of sp³-hybridized carbons (Fsp3) is 0.375. The highest BCUT2D eigenvalue weighted by molar-refractivity contribution is 5.98. The minimum absolute atomic E-state index is 0.125. The summed E-state index contributed by atoms with van der Waals surface area (Å²) in [4.78, 5) is 41.4. The van der Waals surface area contributed by atoms with Gasteiger partial charge in [-0.1, -0.05) is 0 Å². The van der Waals surface area contributed by atoms with Crippen molar-refractivity contribution in [1.82, 2.24) is 10.3 Å². The summed E-state index contributed by atoms with van der Waals surface area (Å²) in [5.41, 5.74) is -0.282. The number of hydrogen-bond donors (Lipinski definition) is 1. The van der Waals surface area contributed by atoms with Crippen LogP contribution >= 0.6 is 0 Å². The Morgan fingerprint density at radius 1 is 0.864 bits per heavy atom. The van der Waals surface area contributed by atoms with Gasteiger partial charge < -0.3 is 43.3 Å². The molecule has 0 unspecified atom stereocenters. The maximum Gasteiger partial charge on any atom is 0.308 e. The molecule has 2 atom stereocenters. The fourth-order valence-electron chi connectivity index (χ4n) is 4.65. The van der Waals surface area contributed by atoms with Gasteiger partial charge >= 0.3 is 5.97 Å². The van der Waals surface area contributed by atoms with Crippen LogP contribution in [-0.2, 0) is 14.3 Å². The van der Waals surface area contributed by atoms with E-state index >= 15 is 0 Å². The molecule has 2 aromatic carbocycles. The first-order chi connectivity index (χ1) is 21.0. The van der Waals surface area contributed by atoms with Gasteiger partial charge in [0.25, 0.3) is 5.91 Å². The summed E-state index contributed by atoms with van der Waals surface area (Å²) >= 11 is 0. The molecule has 0 aliphatic heterocycles. The predicted octanol–water partition coefficient (Wildman–Crippen LogP) is 3.97. The number of carbonyl (C=O) groups is 3. The Morgan fingerprint density at radius 2 is 1.41 bits per heavy atom. The number of rotatable bonds is 15. The van der Waals surface area contributed by atoms with Crippen molar-refractivity contribution in [1.29, 1.82) is 0 Å². The molecule has 0 saturated carbocycles. The van der Waals surface area contributed by atoms with E-state index in [1.165, 1.54) is 33.2 Å². The topological polar surface area (TPSA) is 141 Å². The second-order valence-corrected chi connectivity index (χ2v) is 9.98. The zero-order valence-electron chi connectivity index (χ0n) is 26.1. The van der Waals surface area contributed by atoms with Crippen LogP contribution in [0.2, 0.25) is 0 Å². The summed E-state index contributed by atoms with van der Waals surface area (Å²) in [5, 5.41) is 2.65. The molecular weight excluding hydrogens is 572 g/mol. The van der Waals surface area contributed by atoms with Crippen LogP contribution in [0.5, 0.6) is 34.5 Å². The number of carbonyl (C=O) groups excluding carboxylic acids is 3. The molecule has 0 saturated heterocycles. The molecule has 236 valence electrons. The number of amides is 1. The standard InChI is InChI=1S/C32H38N2O10/c1-19(43-18-32(3,17-35)34-31(37)29-30(44-20(2)36)27(42-8)13-14-33-29)28(23-15-21(38-4)9-11-25(23)40-6)24-16-22(39-5)10-12-26(24)41-7/h9-17,19,28H,18H2,1-8H3,(H,34,37)/t19-,32+/m0/s1. The van der Waals surface area contributed by atoms with Gasteiger partial charge in [-0.2, -0.15) is 0 Å². The van der Waals surface area contributed by atoms with Crippen LogP contribution < -0.4 is 33.7 Å². The minimum Gasteiger partial charge on any atom is -0.497 e. The molecule has 0 bridgehead atoms. The van der Waals surface area contributed by atoms with E-state index in [4.69, 9.17) is 33.2 Å². The third-order valence-electron chi connectivity index (χ3n) is 6.87. The molecule has 12 heteroatoms. The van der Waals surface area contributed by atoms with Crippen LogP contribution in [0.4, 0.5) is 0 Å². The largest absolute Gasteiger partial charge is 0.497 e. The molecule has 1 aromatic heterocycles. The third-order valence-corrected chi connectivity index (χ3v) is 6.87. The Kier molecular flexibility index (Phi) is 11.5. The van der Waals surface area contributed by atoms with Gasteiger partial charge in [0.2, 0.25) is 5.75 Å². The number of nitrogens with one attached hydrogen (secondary N) is 1. The second-order valence-electron chi connectivity index (χ2n) is 9.98. The summed E-state index contributed by atoms with van der Waals surface area (Å²) in [6.45, 7) is 4.29. The number of pyridine rings is 1. The average Bonchev–Trinajstić information content (AvgIpc) is 3.03. The van der Waals surface area contributed by atoms with E-state index < -0.39 is 29.4 Å². The van der Waals surface area contributed by atoms with Crippen LogP contribution in [0.15, 0.2) is 48.7 Å². The van der Waals surface area contributed by atoms with Gasteiger partial charge in [-0.15, -0.1) is 0 Å². The number of nitrogens with zero attached hydrogens (tertiary/aromatic N) is 1. The van der Waals surface area contributed by atoms with Gasteiger partial charge in [-0.25, -0.2) is 4.98 Å². The van der Waals surface area contributed by atoms with Crippen molar-refractivity contribution in [3.05, 3.63) is 65.5 Å². The lowest BCUT2D eigenvalue weighted by molar-refractivity contribution is -0.132. The first-order valence-electron chi connectivity index (χ1n) is 13.6. The number of ether oxygens (including phenoxy) is 7. The fourth-order valence-corrected chi connectivity index (χ4v) is 4.65. The van der Waals surface area contributed by atoms with Gasteiger partial charge in [-0.3, -0.25) is 9.59 Å². The van der Waals surface area contributed by atoms with E-state index in [0.717, 1.165) is 11.1 Å². The molecule has 0 radical (unpaired) electrons.